The number of aliphatic hydroxyl groups is 1. The lowest BCUT2D eigenvalue weighted by molar-refractivity contribution is -0.202. The molecule has 2 heterocycles. The lowest BCUT2D eigenvalue weighted by atomic mass is 9.98. The molecule has 1 aromatic rings. The number of carboxylic acids is 1. The van der Waals surface area contributed by atoms with E-state index >= 15 is 0 Å². The third-order valence-electron chi connectivity index (χ3n) is 3.48. The molecule has 2 aliphatic rings. The molecule has 2 fully saturated rings. The molecule has 3 atom stereocenters. The van der Waals surface area contributed by atoms with Crippen LogP contribution in [0.5, 0.6) is 0 Å². The number of aliphatic carboxylic acids is 1. The van der Waals surface area contributed by atoms with E-state index in [1.807, 2.05) is 30.3 Å². The summed E-state index contributed by atoms with van der Waals surface area (Å²) < 4.78 is -0.636. The van der Waals surface area contributed by atoms with Gasteiger partial charge < -0.3 is 10.2 Å². The highest BCUT2D eigenvalue weighted by atomic mass is 32.2. The second kappa shape index (κ2) is 4.98. The van der Waals surface area contributed by atoms with Crippen molar-refractivity contribution in [3.05, 3.63) is 30.3 Å². The number of hydrogen-bond donors (Lipinski definition) is 2. The number of hydrogen-bond acceptors (Lipinski definition) is 5. The van der Waals surface area contributed by atoms with Crippen molar-refractivity contribution in [2.45, 2.75) is 27.7 Å². The van der Waals surface area contributed by atoms with Gasteiger partial charge in [-0.15, -0.1) is 23.5 Å². The largest absolute Gasteiger partial charge is 0.478 e. The van der Waals surface area contributed by atoms with Crippen molar-refractivity contribution >= 4 is 35.4 Å². The van der Waals surface area contributed by atoms with Gasteiger partial charge >= 0.3 is 5.97 Å². The van der Waals surface area contributed by atoms with Crippen molar-refractivity contribution < 1.29 is 19.8 Å². The molecule has 106 valence electrons. The Hall–Kier alpha value is -1.18. The smallest absolute Gasteiger partial charge is 0.359 e. The highest BCUT2D eigenvalue weighted by molar-refractivity contribution is 8.17. The van der Waals surface area contributed by atoms with Gasteiger partial charge in [-0.1, -0.05) is 18.2 Å². The van der Waals surface area contributed by atoms with Crippen LogP contribution in [-0.2, 0) is 9.59 Å². The first-order valence-corrected chi connectivity index (χ1v) is 8.07. The lowest BCUT2D eigenvalue weighted by Crippen LogP contribution is -2.73. The van der Waals surface area contributed by atoms with E-state index in [9.17, 15) is 19.8 Å². The van der Waals surface area contributed by atoms with Crippen LogP contribution in [0.1, 0.15) is 6.42 Å². The number of thioether (sulfide) groups is 2. The Balaban J connectivity index is 1.89. The van der Waals surface area contributed by atoms with Crippen molar-refractivity contribution in [1.29, 1.82) is 0 Å². The second-order valence-corrected chi connectivity index (χ2v) is 7.36. The summed E-state index contributed by atoms with van der Waals surface area (Å²) >= 11 is 2.68. The van der Waals surface area contributed by atoms with E-state index in [1.165, 1.54) is 23.5 Å². The summed E-state index contributed by atoms with van der Waals surface area (Å²) in [4.78, 5) is 25.2. The van der Waals surface area contributed by atoms with E-state index in [1.54, 1.807) is 0 Å². The molecular weight excluding hydrogens is 298 g/mol. The van der Waals surface area contributed by atoms with Crippen molar-refractivity contribution in [3.8, 4) is 0 Å². The van der Waals surface area contributed by atoms with E-state index in [2.05, 4.69) is 0 Å². The molecule has 2 aliphatic heterocycles. The van der Waals surface area contributed by atoms with E-state index in [0.29, 0.717) is 12.2 Å². The van der Waals surface area contributed by atoms with Gasteiger partial charge in [-0.25, -0.2) is 4.79 Å². The lowest BCUT2D eigenvalue weighted by Gasteiger charge is -2.54. The van der Waals surface area contributed by atoms with Crippen LogP contribution >= 0.6 is 23.5 Å². The SMILES string of the molecule is O=C1CC2CSC(Sc3ccccc3)C(O)(C(=O)O)N12. The highest BCUT2D eigenvalue weighted by Gasteiger charge is 2.61. The predicted octanol–water partition coefficient (Wildman–Crippen LogP) is 1.23. The number of fused-ring (bicyclic) bond motifs is 1. The molecule has 5 nitrogen and oxygen atoms in total. The van der Waals surface area contributed by atoms with Gasteiger partial charge in [0.2, 0.25) is 5.91 Å². The maximum Gasteiger partial charge on any atom is 0.359 e. The van der Waals surface area contributed by atoms with Crippen LogP contribution < -0.4 is 0 Å². The van der Waals surface area contributed by atoms with Crippen molar-refractivity contribution in [3.63, 3.8) is 0 Å². The molecular formula is C13H13NO4S2. The molecule has 0 saturated carbocycles. The van der Waals surface area contributed by atoms with E-state index in [0.717, 1.165) is 9.80 Å². The Kier molecular flexibility index (Phi) is 3.43. The summed E-state index contributed by atoms with van der Waals surface area (Å²) in [6.07, 6.45) is 0.325. The summed E-state index contributed by atoms with van der Waals surface area (Å²) in [6, 6.07) is 9.13. The Morgan fingerprint density at radius 2 is 2.10 bits per heavy atom. The summed E-state index contributed by atoms with van der Waals surface area (Å²) in [6.45, 7) is 0. The molecule has 1 amide bonds. The minimum Gasteiger partial charge on any atom is -0.478 e. The first-order chi connectivity index (χ1) is 9.53. The zero-order valence-corrected chi connectivity index (χ0v) is 12.1. The highest BCUT2D eigenvalue weighted by Crippen LogP contribution is 2.48. The number of carbonyl (C=O) groups excluding carboxylic acids is 1. The fourth-order valence-corrected chi connectivity index (χ4v) is 5.35. The monoisotopic (exact) mass is 311 g/mol. The quantitative estimate of drug-likeness (QED) is 0.818. The average Bonchev–Trinajstić information content (AvgIpc) is 2.41. The van der Waals surface area contributed by atoms with Gasteiger partial charge in [0.15, 0.2) is 0 Å². The van der Waals surface area contributed by atoms with E-state index in [4.69, 9.17) is 0 Å². The number of carbonyl (C=O) groups is 2. The fraction of sp³-hybridized carbons (Fsp3) is 0.385. The second-order valence-electron chi connectivity index (χ2n) is 4.75. The van der Waals surface area contributed by atoms with Gasteiger partial charge in [-0.3, -0.25) is 9.69 Å². The van der Waals surface area contributed by atoms with Crippen molar-refractivity contribution in [1.82, 2.24) is 4.90 Å². The molecule has 0 bridgehead atoms. The van der Waals surface area contributed by atoms with Crippen LogP contribution in [0.3, 0.4) is 0 Å². The minimum absolute atomic E-state index is 0.166. The number of amides is 1. The molecule has 3 unspecified atom stereocenters. The van der Waals surface area contributed by atoms with Gasteiger partial charge in [0.25, 0.3) is 5.72 Å². The third kappa shape index (κ3) is 2.01. The molecule has 20 heavy (non-hydrogen) atoms. The molecule has 7 heteroatoms. The standard InChI is InChI=1S/C13H13NO4S2/c15-10-6-8-7-19-12(13(18,11(16)17)14(8)10)20-9-4-2-1-3-5-9/h1-5,8,12,18H,6-7H2,(H,16,17). The molecule has 0 aromatic heterocycles. The molecule has 3 rings (SSSR count). The Labute approximate surface area is 124 Å². The van der Waals surface area contributed by atoms with Crippen molar-refractivity contribution in [2.24, 2.45) is 0 Å². The van der Waals surface area contributed by atoms with E-state index in [-0.39, 0.29) is 11.9 Å². The molecule has 2 N–H and O–H groups in total. The van der Waals surface area contributed by atoms with Crippen LogP contribution in [0.4, 0.5) is 0 Å². The molecule has 1 aromatic carbocycles. The average molecular weight is 311 g/mol. The summed E-state index contributed by atoms with van der Waals surface area (Å²) in [7, 11) is 0. The van der Waals surface area contributed by atoms with E-state index < -0.39 is 16.3 Å². The fourth-order valence-electron chi connectivity index (χ4n) is 2.46. The number of carboxylic acid groups (broad SMARTS) is 1. The Bertz CT molecular complexity index is 553. The number of β-lactam (4-membered cyclic amide) rings is 1. The topological polar surface area (TPSA) is 77.8 Å². The number of rotatable bonds is 3. The maximum absolute atomic E-state index is 11.7. The third-order valence-corrected chi connectivity index (χ3v) is 6.47. The first kappa shape index (κ1) is 13.8. The Morgan fingerprint density at radius 3 is 2.70 bits per heavy atom. The van der Waals surface area contributed by atoms with Crippen LogP contribution in [0.25, 0.3) is 0 Å². The van der Waals surface area contributed by atoms with Crippen LogP contribution in [0, 0.1) is 0 Å². The van der Waals surface area contributed by atoms with Gasteiger partial charge in [0.05, 0.1) is 6.04 Å². The van der Waals surface area contributed by atoms with Gasteiger partial charge in [-0.2, -0.15) is 0 Å². The zero-order valence-electron chi connectivity index (χ0n) is 10.4. The minimum atomic E-state index is -2.14. The summed E-state index contributed by atoms with van der Waals surface area (Å²) in [5, 5.41) is 20.0. The molecule has 2 saturated heterocycles. The predicted molar refractivity (Wildman–Crippen MR) is 76.4 cm³/mol. The van der Waals surface area contributed by atoms with Gasteiger partial charge in [0, 0.05) is 17.1 Å². The molecule has 0 aliphatic carbocycles. The normalized spacial score (nSPS) is 32.5. The van der Waals surface area contributed by atoms with Gasteiger partial charge in [0.1, 0.15) is 4.58 Å². The van der Waals surface area contributed by atoms with Crippen LogP contribution in [0.15, 0.2) is 35.2 Å². The first-order valence-electron chi connectivity index (χ1n) is 6.14. The summed E-state index contributed by atoms with van der Waals surface area (Å²) in [5.74, 6) is -0.999. The van der Waals surface area contributed by atoms with Gasteiger partial charge in [-0.05, 0) is 12.1 Å². The molecule has 0 radical (unpaired) electrons. The van der Waals surface area contributed by atoms with Crippen LogP contribution in [0.2, 0.25) is 0 Å². The molecule has 0 spiro atoms. The number of benzene rings is 1. The number of nitrogens with zero attached hydrogens (tertiary/aromatic N) is 1. The zero-order chi connectivity index (χ0) is 14.3. The van der Waals surface area contributed by atoms with Crippen LogP contribution in [-0.4, -0.2) is 49.1 Å². The Morgan fingerprint density at radius 1 is 1.40 bits per heavy atom. The summed E-state index contributed by atoms with van der Waals surface area (Å²) in [5.41, 5.74) is -2.14. The maximum atomic E-state index is 11.7. The van der Waals surface area contributed by atoms with Crippen molar-refractivity contribution in [2.75, 3.05) is 5.75 Å².